The molecule has 0 bridgehead atoms. The van der Waals surface area contributed by atoms with Crippen LogP contribution in [0.1, 0.15) is 24.0 Å². The summed E-state index contributed by atoms with van der Waals surface area (Å²) in [6.45, 7) is 3.94. The van der Waals surface area contributed by atoms with Gasteiger partial charge in [0, 0.05) is 31.3 Å². The van der Waals surface area contributed by atoms with E-state index in [4.69, 9.17) is 4.74 Å². The van der Waals surface area contributed by atoms with E-state index in [9.17, 15) is 9.59 Å². The Morgan fingerprint density at radius 2 is 1.75 bits per heavy atom. The Labute approximate surface area is 188 Å². The topological polar surface area (TPSA) is 64.4 Å². The molecule has 6 heteroatoms. The molecule has 2 heterocycles. The zero-order chi connectivity index (χ0) is 22.5. The fourth-order valence-electron chi connectivity index (χ4n) is 4.23. The van der Waals surface area contributed by atoms with Crippen molar-refractivity contribution in [3.05, 3.63) is 82.1 Å². The first-order valence-electron chi connectivity index (χ1n) is 11.1. The van der Waals surface area contributed by atoms with E-state index in [0.717, 1.165) is 41.0 Å². The number of aryl methyl sites for hydroxylation is 1. The van der Waals surface area contributed by atoms with E-state index in [1.807, 2.05) is 66.4 Å². The van der Waals surface area contributed by atoms with Crippen LogP contribution in [0.5, 0.6) is 5.75 Å². The maximum atomic E-state index is 12.7. The van der Waals surface area contributed by atoms with Crippen LogP contribution in [0.3, 0.4) is 0 Å². The summed E-state index contributed by atoms with van der Waals surface area (Å²) in [6, 6.07) is 19.2. The Hall–Kier alpha value is -3.41. The van der Waals surface area contributed by atoms with Gasteiger partial charge in [-0.25, -0.2) is 4.68 Å². The van der Waals surface area contributed by atoms with Gasteiger partial charge in [-0.05, 0) is 48.9 Å². The van der Waals surface area contributed by atoms with Crippen LogP contribution in [0.15, 0.2) is 65.5 Å². The van der Waals surface area contributed by atoms with Gasteiger partial charge in [-0.15, -0.1) is 0 Å². The molecule has 1 saturated heterocycles. The molecule has 0 atom stereocenters. The minimum atomic E-state index is -0.0693. The molecule has 0 unspecified atom stereocenters. The van der Waals surface area contributed by atoms with Gasteiger partial charge >= 0.3 is 0 Å². The van der Waals surface area contributed by atoms with E-state index < -0.39 is 0 Å². The molecule has 4 rings (SSSR count). The van der Waals surface area contributed by atoms with Crippen LogP contribution in [0.2, 0.25) is 0 Å². The number of aromatic nitrogens is 2. The molecule has 166 valence electrons. The van der Waals surface area contributed by atoms with E-state index in [1.165, 1.54) is 0 Å². The smallest absolute Gasteiger partial charge is 0.267 e. The molecule has 32 heavy (non-hydrogen) atoms. The highest BCUT2D eigenvalue weighted by atomic mass is 16.5. The number of hydrogen-bond donors (Lipinski definition) is 0. The third-order valence-electron chi connectivity index (χ3n) is 6.15. The van der Waals surface area contributed by atoms with E-state index >= 15 is 0 Å². The monoisotopic (exact) mass is 431 g/mol. The highest BCUT2D eigenvalue weighted by Gasteiger charge is 2.24. The lowest BCUT2D eigenvalue weighted by Crippen LogP contribution is -2.41. The Bertz CT molecular complexity index is 1120. The number of hydrogen-bond acceptors (Lipinski definition) is 4. The van der Waals surface area contributed by atoms with Crippen molar-refractivity contribution in [3.8, 4) is 17.0 Å². The predicted octanol–water partition coefficient (Wildman–Crippen LogP) is 3.71. The summed E-state index contributed by atoms with van der Waals surface area (Å²) < 4.78 is 6.77. The predicted molar refractivity (Wildman–Crippen MR) is 125 cm³/mol. The molecule has 1 aromatic heterocycles. The van der Waals surface area contributed by atoms with Crippen molar-refractivity contribution >= 4 is 5.91 Å². The molecular weight excluding hydrogens is 402 g/mol. The lowest BCUT2D eigenvalue weighted by atomic mass is 9.96. The minimum absolute atomic E-state index is 0.0693. The zero-order valence-corrected chi connectivity index (χ0v) is 18.7. The third-order valence-corrected chi connectivity index (χ3v) is 6.15. The molecule has 1 aliphatic heterocycles. The summed E-state index contributed by atoms with van der Waals surface area (Å²) in [6.07, 6.45) is 2.14. The van der Waals surface area contributed by atoms with Crippen molar-refractivity contribution < 1.29 is 9.53 Å². The van der Waals surface area contributed by atoms with Gasteiger partial charge in [0.15, 0.2) is 0 Å². The average molecular weight is 432 g/mol. The number of nitrogens with zero attached hydrogens (tertiary/aromatic N) is 3. The van der Waals surface area contributed by atoms with Gasteiger partial charge < -0.3 is 9.64 Å². The molecule has 1 aliphatic rings. The van der Waals surface area contributed by atoms with E-state index in [-0.39, 0.29) is 11.5 Å². The fraction of sp³-hybridized carbons (Fsp3) is 0.346. The molecule has 2 aromatic carbocycles. The molecule has 1 amide bonds. The molecular formula is C26H29N3O3. The number of amides is 1. The first kappa shape index (κ1) is 21.8. The Morgan fingerprint density at radius 3 is 2.41 bits per heavy atom. The molecule has 0 N–H and O–H groups in total. The van der Waals surface area contributed by atoms with Gasteiger partial charge in [0.1, 0.15) is 5.75 Å². The highest BCUT2D eigenvalue weighted by Crippen LogP contribution is 2.22. The summed E-state index contributed by atoms with van der Waals surface area (Å²) in [7, 11) is 1.63. The maximum absolute atomic E-state index is 12.7. The Kier molecular flexibility index (Phi) is 6.69. The van der Waals surface area contributed by atoms with Crippen LogP contribution in [0.4, 0.5) is 0 Å². The van der Waals surface area contributed by atoms with Crippen LogP contribution in [-0.4, -0.2) is 40.8 Å². The van der Waals surface area contributed by atoms with Crippen molar-refractivity contribution in [2.24, 2.45) is 5.92 Å². The number of rotatable bonds is 6. The second-order valence-electron chi connectivity index (χ2n) is 8.41. The van der Waals surface area contributed by atoms with Crippen molar-refractivity contribution in [3.63, 3.8) is 0 Å². The lowest BCUT2D eigenvalue weighted by molar-refractivity contribution is -0.131. The van der Waals surface area contributed by atoms with Crippen molar-refractivity contribution in [2.45, 2.75) is 32.7 Å². The number of methoxy groups -OCH3 is 1. The molecule has 6 nitrogen and oxygen atoms in total. The second kappa shape index (κ2) is 9.81. The zero-order valence-electron chi connectivity index (χ0n) is 18.7. The summed E-state index contributed by atoms with van der Waals surface area (Å²) in [5.74, 6) is 1.26. The molecule has 1 fully saturated rings. The van der Waals surface area contributed by atoms with Gasteiger partial charge in [-0.3, -0.25) is 9.59 Å². The van der Waals surface area contributed by atoms with Crippen molar-refractivity contribution in [1.29, 1.82) is 0 Å². The molecule has 3 aromatic rings. The number of piperidine rings is 1. The number of likely N-dealkylation sites (tertiary alicyclic amines) is 1. The van der Waals surface area contributed by atoms with Crippen LogP contribution >= 0.6 is 0 Å². The average Bonchev–Trinajstić information content (AvgIpc) is 2.82. The van der Waals surface area contributed by atoms with Gasteiger partial charge in [0.25, 0.3) is 5.56 Å². The lowest BCUT2D eigenvalue weighted by Gasteiger charge is -2.32. The number of carbonyl (C=O) groups excluding carboxylic acids is 1. The fourth-order valence-corrected chi connectivity index (χ4v) is 4.23. The van der Waals surface area contributed by atoms with Crippen LogP contribution in [0, 0.1) is 12.8 Å². The minimum Gasteiger partial charge on any atom is -0.497 e. The molecule has 0 saturated carbocycles. The normalized spacial score (nSPS) is 14.4. The van der Waals surface area contributed by atoms with E-state index in [2.05, 4.69) is 5.10 Å². The first-order valence-corrected chi connectivity index (χ1v) is 11.1. The largest absolute Gasteiger partial charge is 0.497 e. The van der Waals surface area contributed by atoms with Crippen LogP contribution in [-0.2, 0) is 17.8 Å². The highest BCUT2D eigenvalue weighted by molar-refractivity contribution is 5.78. The van der Waals surface area contributed by atoms with Gasteiger partial charge in [0.2, 0.25) is 5.91 Å². The van der Waals surface area contributed by atoms with Crippen molar-refractivity contribution in [2.75, 3.05) is 20.2 Å². The van der Waals surface area contributed by atoms with Gasteiger partial charge in [0.05, 0.1) is 19.2 Å². The summed E-state index contributed by atoms with van der Waals surface area (Å²) in [4.78, 5) is 27.2. The number of benzene rings is 2. The summed E-state index contributed by atoms with van der Waals surface area (Å²) >= 11 is 0. The Balaban J connectivity index is 1.36. The molecule has 0 radical (unpaired) electrons. The standard InChI is InChI=1S/C26H29N3O3/c1-19-16-25(31)29(27-26(19)22-6-4-3-5-7-22)18-21-12-14-28(15-13-21)24(30)17-20-8-10-23(32-2)11-9-20/h3-11,16,21H,12-15,17-18H2,1-2H3. The second-order valence-corrected chi connectivity index (χ2v) is 8.41. The van der Waals surface area contributed by atoms with E-state index in [1.54, 1.807) is 17.9 Å². The number of carbonyl (C=O) groups is 1. The SMILES string of the molecule is COc1ccc(CC(=O)N2CCC(Cn3nc(-c4ccccc4)c(C)cc3=O)CC2)cc1. The first-order chi connectivity index (χ1) is 15.5. The Morgan fingerprint density at radius 1 is 1.06 bits per heavy atom. The van der Waals surface area contributed by atoms with E-state index in [0.29, 0.717) is 32.0 Å². The molecule has 0 spiro atoms. The third kappa shape index (κ3) is 5.07. The van der Waals surface area contributed by atoms with Crippen LogP contribution in [0.25, 0.3) is 11.3 Å². The summed E-state index contributed by atoms with van der Waals surface area (Å²) in [5.41, 5.74) is 3.66. The van der Waals surface area contributed by atoms with Gasteiger partial charge in [-0.2, -0.15) is 5.10 Å². The summed E-state index contributed by atoms with van der Waals surface area (Å²) in [5, 5.41) is 4.67. The molecule has 0 aliphatic carbocycles. The maximum Gasteiger partial charge on any atom is 0.267 e. The number of ether oxygens (including phenoxy) is 1. The van der Waals surface area contributed by atoms with Crippen LogP contribution < -0.4 is 10.3 Å². The van der Waals surface area contributed by atoms with Gasteiger partial charge in [-0.1, -0.05) is 42.5 Å². The van der Waals surface area contributed by atoms with Crippen molar-refractivity contribution in [1.82, 2.24) is 14.7 Å². The quantitative estimate of drug-likeness (QED) is 0.597.